The summed E-state index contributed by atoms with van der Waals surface area (Å²) in [6, 6.07) is -0.984. The molecule has 0 saturated heterocycles. The summed E-state index contributed by atoms with van der Waals surface area (Å²) in [6.07, 6.45) is -1.84. The van der Waals surface area contributed by atoms with Gasteiger partial charge in [-0.1, -0.05) is 0 Å². The van der Waals surface area contributed by atoms with E-state index >= 15 is 0 Å². The number of ether oxygens (including phenoxy) is 2. The van der Waals surface area contributed by atoms with Crippen molar-refractivity contribution in [2.45, 2.75) is 13.8 Å². The molecule has 2 N–H and O–H groups in total. The van der Waals surface area contributed by atoms with Crippen molar-refractivity contribution in [3.8, 4) is 0 Å². The molecule has 0 bridgehead atoms. The van der Waals surface area contributed by atoms with Crippen molar-refractivity contribution in [1.82, 2.24) is 10.6 Å². The van der Waals surface area contributed by atoms with E-state index in [1.165, 1.54) is 0 Å². The van der Waals surface area contributed by atoms with Gasteiger partial charge < -0.3 is 9.47 Å². The van der Waals surface area contributed by atoms with Gasteiger partial charge in [-0.2, -0.15) is 0 Å². The van der Waals surface area contributed by atoms with Crippen molar-refractivity contribution < 1.29 is 34.9 Å². The molecule has 0 rings (SSSR count). The first kappa shape index (κ1) is 21.3. The molecule has 0 fully saturated rings. The zero-order valence-corrected chi connectivity index (χ0v) is 15.4. The van der Waals surface area contributed by atoms with Crippen LogP contribution in [0, 0.1) is 0 Å². The number of alkyl carbamates (subject to hydrolysis) is 2. The molecular formula is C7H12Cl4N2O5Os. The molecule has 0 aromatic carbocycles. The number of carbonyl (C=O) groups is 3. The van der Waals surface area contributed by atoms with Gasteiger partial charge in [-0.3, -0.25) is 0 Å². The average Bonchev–Trinajstić information content (AvgIpc) is 2.14. The van der Waals surface area contributed by atoms with E-state index in [2.05, 4.69) is 9.47 Å². The molecule has 19 heavy (non-hydrogen) atoms. The van der Waals surface area contributed by atoms with E-state index in [9.17, 15) is 14.4 Å². The predicted octanol–water partition coefficient (Wildman–Crippen LogP) is 3.35. The third-order valence-corrected chi connectivity index (χ3v) is 0.982. The fourth-order valence-corrected chi connectivity index (χ4v) is 0.551. The minimum atomic E-state index is -3.17. The standard InChI is InChI=1S/C7H12N2O5.4ClH.Os/c1-3-13-6(11)8-5(10)9-7(12)14-4-2;;;;;/h3-4H2,1-2H3,(H2,8,9,10,11,12);4*1H;/q;;;;;+4/p-4. The van der Waals surface area contributed by atoms with Gasteiger partial charge in [-0.15, -0.1) is 0 Å². The maximum absolute atomic E-state index is 10.8. The number of imide groups is 2. The molecule has 0 spiro atoms. The second-order valence-electron chi connectivity index (χ2n) is 2.32. The third kappa shape index (κ3) is 23.5. The summed E-state index contributed by atoms with van der Waals surface area (Å²) in [4.78, 5) is 32.1. The van der Waals surface area contributed by atoms with Gasteiger partial charge in [0.15, 0.2) is 0 Å². The van der Waals surface area contributed by atoms with Gasteiger partial charge in [0.1, 0.15) is 0 Å². The molecular weight excluding hydrogens is 524 g/mol. The second kappa shape index (κ2) is 11.8. The van der Waals surface area contributed by atoms with Gasteiger partial charge in [-0.25, -0.2) is 25.0 Å². The number of halogens is 4. The average molecular weight is 536 g/mol. The molecule has 116 valence electrons. The van der Waals surface area contributed by atoms with Crippen LogP contribution in [-0.4, -0.2) is 31.4 Å². The molecule has 0 atom stereocenters. The van der Waals surface area contributed by atoms with Gasteiger partial charge in [0, 0.05) is 0 Å². The van der Waals surface area contributed by atoms with Crippen LogP contribution in [0.15, 0.2) is 0 Å². The van der Waals surface area contributed by atoms with E-state index in [-0.39, 0.29) is 13.2 Å². The summed E-state index contributed by atoms with van der Waals surface area (Å²) in [5.74, 6) is 0. The van der Waals surface area contributed by atoms with Crippen LogP contribution in [-0.2, 0) is 20.5 Å². The Morgan fingerprint density at radius 1 is 0.895 bits per heavy atom. The van der Waals surface area contributed by atoms with E-state index in [4.69, 9.17) is 38.6 Å². The van der Waals surface area contributed by atoms with Gasteiger partial charge in [0.2, 0.25) is 0 Å². The van der Waals surface area contributed by atoms with E-state index in [0.717, 1.165) is 0 Å². The number of amides is 4. The molecule has 0 aliphatic rings. The molecule has 0 aliphatic carbocycles. The number of nitrogens with one attached hydrogen (secondary N) is 2. The molecule has 0 unspecified atom stereocenters. The van der Waals surface area contributed by atoms with Crippen LogP contribution < -0.4 is 10.6 Å². The Labute approximate surface area is 129 Å². The molecule has 0 aromatic heterocycles. The van der Waals surface area contributed by atoms with E-state index < -0.39 is 29.2 Å². The third-order valence-electron chi connectivity index (χ3n) is 0.982. The van der Waals surface area contributed by atoms with E-state index in [1.807, 2.05) is 0 Å². The monoisotopic (exact) mass is 536 g/mol. The number of hydrogen-bond acceptors (Lipinski definition) is 5. The maximum atomic E-state index is 10.8. The van der Waals surface area contributed by atoms with Crippen LogP contribution in [0.5, 0.6) is 0 Å². The summed E-state index contributed by atoms with van der Waals surface area (Å²) < 4.78 is 8.78. The van der Waals surface area contributed by atoms with Crippen LogP contribution >= 0.6 is 38.6 Å². The molecule has 0 aromatic rings. The Bertz CT molecular complexity index is 284. The van der Waals surface area contributed by atoms with Crippen molar-refractivity contribution in [1.29, 1.82) is 0 Å². The Morgan fingerprint density at radius 2 is 1.16 bits per heavy atom. The van der Waals surface area contributed by atoms with Crippen molar-refractivity contribution in [2.75, 3.05) is 13.2 Å². The predicted molar refractivity (Wildman–Crippen MR) is 69.1 cm³/mol. The molecule has 12 heteroatoms. The van der Waals surface area contributed by atoms with Crippen molar-refractivity contribution in [3.63, 3.8) is 0 Å². The first-order valence-corrected chi connectivity index (χ1v) is 17.1. The Hall–Kier alpha value is 0.00636. The number of rotatable bonds is 2. The van der Waals surface area contributed by atoms with Crippen molar-refractivity contribution in [3.05, 3.63) is 0 Å². The Balaban J connectivity index is 0. The molecule has 4 amide bonds. The Kier molecular flexibility index (Phi) is 13.2. The molecule has 0 aliphatic heterocycles. The van der Waals surface area contributed by atoms with Crippen LogP contribution in [0.2, 0.25) is 0 Å². The summed E-state index contributed by atoms with van der Waals surface area (Å²) in [5.41, 5.74) is 0. The van der Waals surface area contributed by atoms with Crippen molar-refractivity contribution >= 4 is 56.8 Å². The number of urea groups is 1. The topological polar surface area (TPSA) is 93.7 Å². The zero-order valence-electron chi connectivity index (χ0n) is 9.82. The van der Waals surface area contributed by atoms with E-state index in [1.54, 1.807) is 24.5 Å². The van der Waals surface area contributed by atoms with Gasteiger partial charge in [0.05, 0.1) is 13.2 Å². The van der Waals surface area contributed by atoms with Crippen molar-refractivity contribution in [2.24, 2.45) is 0 Å². The molecule has 0 saturated carbocycles. The fourth-order valence-electron chi connectivity index (χ4n) is 0.551. The molecule has 0 radical (unpaired) electrons. The first-order valence-electron chi connectivity index (χ1n) is 4.55. The summed E-state index contributed by atoms with van der Waals surface area (Å²) in [6.45, 7) is 3.45. The molecule has 7 nitrogen and oxygen atoms in total. The van der Waals surface area contributed by atoms with Crippen LogP contribution in [0.4, 0.5) is 14.4 Å². The second-order valence-corrected chi connectivity index (χ2v) is 24.3. The van der Waals surface area contributed by atoms with Gasteiger partial charge in [0.25, 0.3) is 0 Å². The van der Waals surface area contributed by atoms with Gasteiger partial charge >= 0.3 is 67.8 Å². The number of carbonyl (C=O) groups excluding carboxylic acids is 3. The van der Waals surface area contributed by atoms with Crippen LogP contribution in [0.3, 0.4) is 0 Å². The fraction of sp³-hybridized carbons (Fsp3) is 0.571. The van der Waals surface area contributed by atoms with E-state index in [0.29, 0.717) is 0 Å². The SMILES string of the molecule is CCOC(=O)NC(=O)NC(=O)OCC.[Cl][Os]([Cl])([Cl])[Cl]. The first-order chi connectivity index (χ1) is 8.60. The summed E-state index contributed by atoms with van der Waals surface area (Å²) in [7, 11) is 20.1. The quantitative estimate of drug-likeness (QED) is 0.565. The Morgan fingerprint density at radius 3 is 1.37 bits per heavy atom. The van der Waals surface area contributed by atoms with Crippen LogP contribution in [0.25, 0.3) is 0 Å². The number of hydrogen-bond donors (Lipinski definition) is 2. The summed E-state index contributed by atoms with van der Waals surface area (Å²) in [5, 5.41) is 3.52. The summed E-state index contributed by atoms with van der Waals surface area (Å²) >= 11 is -3.17. The molecule has 0 heterocycles. The zero-order chi connectivity index (χ0) is 15.5. The van der Waals surface area contributed by atoms with Gasteiger partial charge in [-0.05, 0) is 13.8 Å². The normalized spacial score (nSPS) is 10.4. The van der Waals surface area contributed by atoms with Crippen LogP contribution in [0.1, 0.15) is 13.8 Å². The minimum absolute atomic E-state index is 0.137.